The van der Waals surface area contributed by atoms with Crippen LogP contribution in [0.4, 0.5) is 13.2 Å². The summed E-state index contributed by atoms with van der Waals surface area (Å²) in [6.45, 7) is 0.454. The summed E-state index contributed by atoms with van der Waals surface area (Å²) in [5.41, 5.74) is 1.01. The Balaban J connectivity index is 2.91. The Morgan fingerprint density at radius 3 is 2.47 bits per heavy atom. The smallest absolute Gasteiger partial charge is 0.401 e. The van der Waals surface area contributed by atoms with Crippen LogP contribution in [0.25, 0.3) is 0 Å². The first-order chi connectivity index (χ1) is 8.73. The molecule has 0 fully saturated rings. The van der Waals surface area contributed by atoms with Crippen molar-refractivity contribution in [3.8, 4) is 5.75 Å². The molecule has 19 heavy (non-hydrogen) atoms. The molecule has 1 rings (SSSR count). The number of alkyl halides is 3. The van der Waals surface area contributed by atoms with E-state index in [1.807, 2.05) is 0 Å². The van der Waals surface area contributed by atoms with Gasteiger partial charge in [0, 0.05) is 17.7 Å². The average Bonchev–Trinajstić information content (AvgIpc) is 2.26. The van der Waals surface area contributed by atoms with Crippen molar-refractivity contribution in [1.29, 1.82) is 0 Å². The molecule has 0 spiro atoms. The molecule has 0 bridgehead atoms. The maximum atomic E-state index is 12.3. The molecule has 1 aromatic carbocycles. The van der Waals surface area contributed by atoms with Crippen LogP contribution >= 0.6 is 0 Å². The number of hydrogen-bond acceptors (Lipinski definition) is 3. The van der Waals surface area contributed by atoms with E-state index in [0.29, 0.717) is 16.9 Å². The molecule has 0 aliphatic rings. The summed E-state index contributed by atoms with van der Waals surface area (Å²) in [5.74, 6) is 0.335. The zero-order chi connectivity index (χ0) is 14.6. The van der Waals surface area contributed by atoms with Gasteiger partial charge >= 0.3 is 6.18 Å². The van der Waals surface area contributed by atoms with Crippen molar-refractivity contribution in [2.24, 2.45) is 0 Å². The first kappa shape index (κ1) is 15.5. The number of methoxy groups -OCH3 is 1. The van der Waals surface area contributed by atoms with E-state index in [4.69, 9.17) is 4.74 Å². The SMILES string of the molecule is COc1ccc(C(C)=O)cc1CN(C)CC(F)(F)F. The number of halogens is 3. The maximum Gasteiger partial charge on any atom is 0.401 e. The van der Waals surface area contributed by atoms with Gasteiger partial charge in [0.25, 0.3) is 0 Å². The van der Waals surface area contributed by atoms with Crippen LogP contribution in [0, 0.1) is 0 Å². The lowest BCUT2D eigenvalue weighted by Crippen LogP contribution is -2.30. The van der Waals surface area contributed by atoms with Gasteiger partial charge < -0.3 is 4.74 Å². The van der Waals surface area contributed by atoms with Crippen LogP contribution in [0.15, 0.2) is 18.2 Å². The van der Waals surface area contributed by atoms with E-state index in [2.05, 4.69) is 0 Å². The lowest BCUT2D eigenvalue weighted by molar-refractivity contribution is -0.144. The van der Waals surface area contributed by atoms with Crippen molar-refractivity contribution in [3.05, 3.63) is 29.3 Å². The summed E-state index contributed by atoms with van der Waals surface area (Å²) >= 11 is 0. The molecule has 0 aliphatic heterocycles. The minimum Gasteiger partial charge on any atom is -0.496 e. The summed E-state index contributed by atoms with van der Waals surface area (Å²) in [4.78, 5) is 12.4. The first-order valence-electron chi connectivity index (χ1n) is 5.66. The van der Waals surface area contributed by atoms with Gasteiger partial charge in [-0.05, 0) is 32.2 Å². The van der Waals surface area contributed by atoms with Crippen LogP contribution in [0.1, 0.15) is 22.8 Å². The number of ketones is 1. The van der Waals surface area contributed by atoms with Crippen LogP contribution in [-0.4, -0.2) is 37.6 Å². The Hall–Kier alpha value is -1.56. The third-order valence-electron chi connectivity index (χ3n) is 2.58. The molecule has 0 saturated heterocycles. The predicted molar refractivity (Wildman–Crippen MR) is 65.4 cm³/mol. The van der Waals surface area contributed by atoms with Crippen LogP contribution in [0.5, 0.6) is 5.75 Å². The molecule has 0 N–H and O–H groups in total. The normalized spacial score (nSPS) is 11.7. The minimum absolute atomic E-state index is 0.0593. The van der Waals surface area contributed by atoms with E-state index in [1.54, 1.807) is 18.2 Å². The second-order valence-electron chi connectivity index (χ2n) is 4.37. The van der Waals surface area contributed by atoms with Gasteiger partial charge in [-0.15, -0.1) is 0 Å². The number of nitrogens with zero attached hydrogens (tertiary/aromatic N) is 1. The number of hydrogen-bond donors (Lipinski definition) is 0. The average molecular weight is 275 g/mol. The molecular weight excluding hydrogens is 259 g/mol. The lowest BCUT2D eigenvalue weighted by atomic mass is 10.1. The quantitative estimate of drug-likeness (QED) is 0.774. The van der Waals surface area contributed by atoms with Crippen molar-refractivity contribution in [2.75, 3.05) is 20.7 Å². The van der Waals surface area contributed by atoms with Gasteiger partial charge in [-0.1, -0.05) is 0 Å². The molecule has 106 valence electrons. The molecule has 0 aliphatic carbocycles. The molecule has 0 radical (unpaired) electrons. The van der Waals surface area contributed by atoms with Crippen LogP contribution < -0.4 is 4.74 Å². The maximum absolute atomic E-state index is 12.3. The molecule has 0 saturated carbocycles. The third-order valence-corrected chi connectivity index (χ3v) is 2.58. The van der Waals surface area contributed by atoms with Gasteiger partial charge in [0.05, 0.1) is 13.7 Å². The van der Waals surface area contributed by atoms with Crippen LogP contribution in [0.2, 0.25) is 0 Å². The molecule has 0 amide bonds. The first-order valence-corrected chi connectivity index (χ1v) is 5.66. The molecule has 0 unspecified atom stereocenters. The zero-order valence-electron chi connectivity index (χ0n) is 11.0. The van der Waals surface area contributed by atoms with Gasteiger partial charge in [0.15, 0.2) is 5.78 Å². The molecule has 0 aromatic heterocycles. The van der Waals surface area contributed by atoms with Gasteiger partial charge in [0.2, 0.25) is 0 Å². The van der Waals surface area contributed by atoms with Crippen LogP contribution in [0.3, 0.4) is 0 Å². The highest BCUT2D eigenvalue weighted by Gasteiger charge is 2.29. The van der Waals surface area contributed by atoms with E-state index in [-0.39, 0.29) is 12.3 Å². The van der Waals surface area contributed by atoms with Gasteiger partial charge in [-0.3, -0.25) is 9.69 Å². The standard InChI is InChI=1S/C13H16F3NO2/c1-9(18)10-4-5-12(19-3)11(6-10)7-17(2)8-13(14,15)16/h4-6H,7-8H2,1-3H3. The second kappa shape index (κ2) is 6.06. The fourth-order valence-electron chi connectivity index (χ4n) is 1.77. The van der Waals surface area contributed by atoms with E-state index in [0.717, 1.165) is 4.90 Å². The summed E-state index contributed by atoms with van der Waals surface area (Å²) in [5, 5.41) is 0. The minimum atomic E-state index is -4.25. The van der Waals surface area contributed by atoms with Gasteiger partial charge in [-0.25, -0.2) is 0 Å². The highest BCUT2D eigenvalue weighted by atomic mass is 19.4. The molecule has 1 aromatic rings. The zero-order valence-corrected chi connectivity index (χ0v) is 11.0. The Labute approximate surface area is 110 Å². The van der Waals surface area contributed by atoms with Crippen molar-refractivity contribution >= 4 is 5.78 Å². The number of carbonyl (C=O) groups excluding carboxylic acids is 1. The monoisotopic (exact) mass is 275 g/mol. The van der Waals surface area contributed by atoms with Gasteiger partial charge in [-0.2, -0.15) is 13.2 Å². The molecule has 3 nitrogen and oxygen atoms in total. The van der Waals surface area contributed by atoms with E-state index in [1.165, 1.54) is 21.1 Å². The molecular formula is C13H16F3NO2. The summed E-state index contributed by atoms with van der Waals surface area (Å²) in [6, 6.07) is 4.75. The largest absolute Gasteiger partial charge is 0.496 e. The highest BCUT2D eigenvalue weighted by Crippen LogP contribution is 2.23. The number of Topliss-reactive ketones (excluding diaryl/α,β-unsaturated/α-hetero) is 1. The number of rotatable bonds is 5. The Morgan fingerprint density at radius 1 is 1.37 bits per heavy atom. The Kier molecular flexibility index (Phi) is 4.94. The fraction of sp³-hybridized carbons (Fsp3) is 0.462. The topological polar surface area (TPSA) is 29.5 Å². The number of ether oxygens (including phenoxy) is 1. The van der Waals surface area contributed by atoms with Crippen molar-refractivity contribution in [1.82, 2.24) is 4.90 Å². The Bertz CT molecular complexity index is 458. The molecule has 0 atom stereocenters. The highest BCUT2D eigenvalue weighted by molar-refractivity contribution is 5.94. The molecule has 0 heterocycles. The van der Waals surface area contributed by atoms with E-state index >= 15 is 0 Å². The van der Waals surface area contributed by atoms with Gasteiger partial charge in [0.1, 0.15) is 5.75 Å². The predicted octanol–water partition coefficient (Wildman–Crippen LogP) is 2.89. The Morgan fingerprint density at radius 2 is 2.00 bits per heavy atom. The van der Waals surface area contributed by atoms with Crippen molar-refractivity contribution in [2.45, 2.75) is 19.6 Å². The third kappa shape index (κ3) is 4.90. The number of carbonyl (C=O) groups is 1. The van der Waals surface area contributed by atoms with E-state index in [9.17, 15) is 18.0 Å². The van der Waals surface area contributed by atoms with Crippen LogP contribution in [-0.2, 0) is 6.54 Å². The summed E-state index contributed by atoms with van der Waals surface area (Å²) in [6.07, 6.45) is -4.25. The molecule has 6 heteroatoms. The summed E-state index contributed by atoms with van der Waals surface area (Å²) in [7, 11) is 2.81. The summed E-state index contributed by atoms with van der Waals surface area (Å²) < 4.78 is 41.9. The second-order valence-corrected chi connectivity index (χ2v) is 4.37. The number of benzene rings is 1. The van der Waals surface area contributed by atoms with Crippen molar-refractivity contribution in [3.63, 3.8) is 0 Å². The lowest BCUT2D eigenvalue weighted by Gasteiger charge is -2.20. The van der Waals surface area contributed by atoms with E-state index < -0.39 is 12.7 Å². The van der Waals surface area contributed by atoms with Crippen molar-refractivity contribution < 1.29 is 22.7 Å². The fourth-order valence-corrected chi connectivity index (χ4v) is 1.77.